The quantitative estimate of drug-likeness (QED) is 0.891. The van der Waals surface area contributed by atoms with E-state index >= 15 is 0 Å². The van der Waals surface area contributed by atoms with Gasteiger partial charge >= 0.3 is 0 Å². The number of aromatic nitrogens is 2. The third-order valence-corrected chi connectivity index (χ3v) is 4.98. The fraction of sp³-hybridized carbons (Fsp3) is 0.400. The first-order valence-corrected chi connectivity index (χ1v) is 8.60. The minimum atomic E-state index is -3.89. The lowest BCUT2D eigenvalue weighted by atomic mass is 10.1. The molecule has 0 aliphatic rings. The molecule has 0 bridgehead atoms. The van der Waals surface area contributed by atoms with Crippen molar-refractivity contribution in [3.05, 3.63) is 40.5 Å². The average Bonchev–Trinajstić information content (AvgIpc) is 2.85. The molecule has 1 aromatic heterocycles. The molecular formula is C15H19N3O4S. The van der Waals surface area contributed by atoms with E-state index in [1.165, 1.54) is 0 Å². The fourth-order valence-electron chi connectivity index (χ4n) is 2.14. The van der Waals surface area contributed by atoms with Crippen LogP contribution in [0, 0.1) is 27.7 Å². The molecule has 0 saturated heterocycles. The third-order valence-electron chi connectivity index (χ3n) is 3.46. The average molecular weight is 337 g/mol. The minimum absolute atomic E-state index is 0.0508. The first kappa shape index (κ1) is 17.1. The third kappa shape index (κ3) is 4.16. The van der Waals surface area contributed by atoms with Gasteiger partial charge in [-0.1, -0.05) is 11.2 Å². The van der Waals surface area contributed by atoms with E-state index in [9.17, 15) is 13.2 Å². The lowest BCUT2D eigenvalue weighted by Crippen LogP contribution is -2.31. The van der Waals surface area contributed by atoms with Crippen molar-refractivity contribution < 1.29 is 17.7 Å². The lowest BCUT2D eigenvalue weighted by Gasteiger charge is -2.11. The summed E-state index contributed by atoms with van der Waals surface area (Å²) in [4.78, 5) is 16.0. The molecule has 2 rings (SSSR count). The smallest absolute Gasteiger partial charge is 0.264 e. The van der Waals surface area contributed by atoms with Crippen LogP contribution in [0.2, 0.25) is 0 Å². The Bertz CT molecular complexity index is 840. The highest BCUT2D eigenvalue weighted by Gasteiger charge is 2.21. The summed E-state index contributed by atoms with van der Waals surface area (Å²) in [7, 11) is -3.89. The van der Waals surface area contributed by atoms with Crippen molar-refractivity contribution in [2.45, 2.75) is 45.4 Å². The Kier molecular flexibility index (Phi) is 4.84. The normalized spacial score (nSPS) is 11.5. The molecule has 7 nitrogen and oxygen atoms in total. The zero-order valence-electron chi connectivity index (χ0n) is 13.5. The molecule has 0 saturated carbocycles. The number of amides is 1. The van der Waals surface area contributed by atoms with Crippen LogP contribution in [0.5, 0.6) is 0 Å². The van der Waals surface area contributed by atoms with Gasteiger partial charge in [-0.15, -0.1) is 0 Å². The van der Waals surface area contributed by atoms with Gasteiger partial charge < -0.3 is 4.52 Å². The summed E-state index contributed by atoms with van der Waals surface area (Å²) in [5.41, 5.74) is 2.45. The standard InChI is InChI=1S/C15H19N3O4S/c1-9-7-11(3)13(8-10(9)2)23(20,21)18-14(19)5-6-15-16-12(4)17-22-15/h7-8H,5-6H2,1-4H3,(H,18,19). The highest BCUT2D eigenvalue weighted by molar-refractivity contribution is 7.90. The Morgan fingerprint density at radius 3 is 2.39 bits per heavy atom. The van der Waals surface area contributed by atoms with Gasteiger partial charge in [0.2, 0.25) is 11.8 Å². The largest absolute Gasteiger partial charge is 0.339 e. The van der Waals surface area contributed by atoms with Gasteiger partial charge in [-0.25, -0.2) is 13.1 Å². The predicted molar refractivity (Wildman–Crippen MR) is 83.3 cm³/mol. The summed E-state index contributed by atoms with van der Waals surface area (Å²) >= 11 is 0. The van der Waals surface area contributed by atoms with Crippen molar-refractivity contribution in [3.8, 4) is 0 Å². The first-order valence-electron chi connectivity index (χ1n) is 7.12. The van der Waals surface area contributed by atoms with Gasteiger partial charge in [0, 0.05) is 12.8 Å². The maximum atomic E-state index is 12.4. The van der Waals surface area contributed by atoms with E-state index in [1.807, 2.05) is 13.8 Å². The molecule has 2 aromatic rings. The first-order chi connectivity index (χ1) is 10.7. The number of hydrogen-bond acceptors (Lipinski definition) is 6. The number of sulfonamides is 1. The molecular weight excluding hydrogens is 318 g/mol. The van der Waals surface area contributed by atoms with E-state index in [0.29, 0.717) is 17.3 Å². The second kappa shape index (κ2) is 6.49. The van der Waals surface area contributed by atoms with Crippen LogP contribution in [-0.4, -0.2) is 24.5 Å². The maximum Gasteiger partial charge on any atom is 0.264 e. The fourth-order valence-corrected chi connectivity index (χ4v) is 3.47. The van der Waals surface area contributed by atoms with Gasteiger partial charge in [0.1, 0.15) is 0 Å². The molecule has 0 aliphatic carbocycles. The van der Waals surface area contributed by atoms with Crippen LogP contribution in [0.1, 0.15) is 34.8 Å². The van der Waals surface area contributed by atoms with Crippen LogP contribution in [0.3, 0.4) is 0 Å². The molecule has 0 unspecified atom stereocenters. The zero-order valence-corrected chi connectivity index (χ0v) is 14.3. The number of carbonyl (C=O) groups excluding carboxylic acids is 1. The predicted octanol–water partition coefficient (Wildman–Crippen LogP) is 1.74. The highest BCUT2D eigenvalue weighted by Crippen LogP contribution is 2.20. The molecule has 0 fully saturated rings. The van der Waals surface area contributed by atoms with Gasteiger partial charge in [0.05, 0.1) is 4.90 Å². The van der Waals surface area contributed by atoms with Gasteiger partial charge in [-0.3, -0.25) is 4.79 Å². The Balaban J connectivity index is 2.08. The number of benzene rings is 1. The van der Waals surface area contributed by atoms with Gasteiger partial charge in [-0.05, 0) is 50.5 Å². The highest BCUT2D eigenvalue weighted by atomic mass is 32.2. The maximum absolute atomic E-state index is 12.4. The Hall–Kier alpha value is -2.22. The van der Waals surface area contributed by atoms with Crippen LogP contribution >= 0.6 is 0 Å². The number of carbonyl (C=O) groups is 1. The second-order valence-corrected chi connectivity index (χ2v) is 7.12. The monoisotopic (exact) mass is 337 g/mol. The molecule has 0 spiro atoms. The molecule has 23 heavy (non-hydrogen) atoms. The number of hydrogen-bond donors (Lipinski definition) is 1. The molecule has 0 atom stereocenters. The molecule has 1 aromatic carbocycles. The number of aryl methyl sites for hydroxylation is 5. The van der Waals surface area contributed by atoms with E-state index in [0.717, 1.165) is 11.1 Å². The number of rotatable bonds is 5. The summed E-state index contributed by atoms with van der Waals surface area (Å²) in [5, 5.41) is 3.61. The van der Waals surface area contributed by atoms with Crippen LogP contribution in [0.25, 0.3) is 0 Å². The van der Waals surface area contributed by atoms with Crippen molar-refractivity contribution in [1.29, 1.82) is 0 Å². The second-order valence-electron chi connectivity index (χ2n) is 5.47. The van der Waals surface area contributed by atoms with Crippen LogP contribution in [-0.2, 0) is 21.2 Å². The molecule has 0 radical (unpaired) electrons. The summed E-state index contributed by atoms with van der Waals surface area (Å²) in [6.07, 6.45) is 0.138. The van der Waals surface area contributed by atoms with Crippen molar-refractivity contribution >= 4 is 15.9 Å². The molecule has 1 heterocycles. The van der Waals surface area contributed by atoms with E-state index in [4.69, 9.17) is 4.52 Å². The summed E-state index contributed by atoms with van der Waals surface area (Å²) in [5.74, 6) is 0.162. The summed E-state index contributed by atoms with van der Waals surface area (Å²) in [6, 6.07) is 3.36. The Morgan fingerprint density at radius 2 is 1.78 bits per heavy atom. The van der Waals surface area contributed by atoms with Gasteiger partial charge in [-0.2, -0.15) is 4.98 Å². The lowest BCUT2D eigenvalue weighted by molar-refractivity contribution is -0.119. The molecule has 0 aliphatic heterocycles. The zero-order chi connectivity index (χ0) is 17.2. The van der Waals surface area contributed by atoms with Crippen molar-refractivity contribution in [2.24, 2.45) is 0 Å². The van der Waals surface area contributed by atoms with Crippen molar-refractivity contribution in [1.82, 2.24) is 14.9 Å². The van der Waals surface area contributed by atoms with Gasteiger partial charge in [0.25, 0.3) is 10.0 Å². The Labute approximate surface area is 135 Å². The summed E-state index contributed by atoms with van der Waals surface area (Å²) < 4.78 is 31.7. The molecule has 124 valence electrons. The van der Waals surface area contributed by atoms with Crippen molar-refractivity contribution in [3.63, 3.8) is 0 Å². The Morgan fingerprint density at radius 1 is 1.13 bits per heavy atom. The van der Waals surface area contributed by atoms with Crippen LogP contribution in [0.15, 0.2) is 21.6 Å². The van der Waals surface area contributed by atoms with E-state index in [2.05, 4.69) is 14.9 Å². The number of nitrogens with zero attached hydrogens (tertiary/aromatic N) is 2. The SMILES string of the molecule is Cc1noc(CCC(=O)NS(=O)(=O)c2cc(C)c(C)cc2C)n1. The van der Waals surface area contributed by atoms with Crippen LogP contribution in [0.4, 0.5) is 0 Å². The van der Waals surface area contributed by atoms with E-state index in [1.54, 1.807) is 26.0 Å². The van der Waals surface area contributed by atoms with E-state index in [-0.39, 0.29) is 17.7 Å². The molecule has 1 amide bonds. The van der Waals surface area contributed by atoms with Crippen molar-refractivity contribution in [2.75, 3.05) is 0 Å². The number of nitrogens with one attached hydrogen (secondary N) is 1. The minimum Gasteiger partial charge on any atom is -0.339 e. The molecule has 8 heteroatoms. The topological polar surface area (TPSA) is 102 Å². The summed E-state index contributed by atoms with van der Waals surface area (Å²) in [6.45, 7) is 7.10. The molecule has 1 N–H and O–H groups in total. The van der Waals surface area contributed by atoms with E-state index < -0.39 is 15.9 Å². The van der Waals surface area contributed by atoms with Crippen LogP contribution < -0.4 is 4.72 Å². The van der Waals surface area contributed by atoms with Gasteiger partial charge in [0.15, 0.2) is 5.82 Å².